The molecule has 0 aliphatic carbocycles. The van der Waals surface area contributed by atoms with Crippen LogP contribution < -0.4 is 0 Å². The molecule has 1 heterocycles. The maximum Gasteiger partial charge on any atom is 0.296 e. The molecule has 0 spiro atoms. The zero-order valence-electron chi connectivity index (χ0n) is 9.23. The first-order valence-corrected chi connectivity index (χ1v) is 7.02. The van der Waals surface area contributed by atoms with Crippen LogP contribution in [0.1, 0.15) is 0 Å². The van der Waals surface area contributed by atoms with Gasteiger partial charge in [-0.05, 0) is 12.1 Å². The number of halogens is 4. The molecule has 0 atom stereocenters. The minimum absolute atomic E-state index is 0.296. The van der Waals surface area contributed by atoms with Gasteiger partial charge in [0.25, 0.3) is 14.2 Å². The van der Waals surface area contributed by atoms with Crippen LogP contribution in [0.4, 0.5) is 13.2 Å². The van der Waals surface area contributed by atoms with Crippen LogP contribution in [0.25, 0.3) is 11.4 Å². The Balaban J connectivity index is 2.68. The first-order chi connectivity index (χ1) is 8.73. The van der Waals surface area contributed by atoms with Gasteiger partial charge < -0.3 is 0 Å². The Morgan fingerprint density at radius 1 is 1.16 bits per heavy atom. The molecule has 10 heteroatoms. The fraction of sp³-hybridized carbons (Fsp3) is 0.111. The second-order valence-electron chi connectivity index (χ2n) is 3.53. The van der Waals surface area contributed by atoms with Gasteiger partial charge in [0.2, 0.25) is 0 Å². The average molecular weight is 312 g/mol. The van der Waals surface area contributed by atoms with Crippen LogP contribution >= 0.6 is 10.7 Å². The van der Waals surface area contributed by atoms with Gasteiger partial charge in [0.15, 0.2) is 23.3 Å². The van der Waals surface area contributed by atoms with Gasteiger partial charge in [-0.25, -0.2) is 21.6 Å². The van der Waals surface area contributed by atoms with Crippen LogP contribution in [0.15, 0.2) is 17.3 Å². The molecule has 0 unspecified atom stereocenters. The van der Waals surface area contributed by atoms with E-state index >= 15 is 0 Å². The highest BCUT2D eigenvalue weighted by atomic mass is 35.7. The van der Waals surface area contributed by atoms with Crippen molar-refractivity contribution in [2.75, 3.05) is 0 Å². The largest absolute Gasteiger partial charge is 0.300 e. The molecular formula is C9H5ClF3N3O2S. The van der Waals surface area contributed by atoms with Crippen molar-refractivity contribution in [2.45, 2.75) is 5.16 Å². The van der Waals surface area contributed by atoms with Crippen molar-refractivity contribution in [3.63, 3.8) is 0 Å². The van der Waals surface area contributed by atoms with Crippen LogP contribution in [0, 0.1) is 17.5 Å². The van der Waals surface area contributed by atoms with Crippen molar-refractivity contribution in [1.82, 2.24) is 14.8 Å². The lowest BCUT2D eigenvalue weighted by atomic mass is 10.2. The van der Waals surface area contributed by atoms with E-state index < -0.39 is 37.2 Å². The highest BCUT2D eigenvalue weighted by Crippen LogP contribution is 2.26. The summed E-state index contributed by atoms with van der Waals surface area (Å²) in [4.78, 5) is 0. The molecule has 19 heavy (non-hydrogen) atoms. The van der Waals surface area contributed by atoms with E-state index in [1.54, 1.807) is 0 Å². The standard InChI is InChI=1S/C9H5ClF3N3O2S/c1-16-8(14-15-9(16)19(10,17)18)4-2-3-5(11)7(13)6(4)12/h2-3H,1H3. The third kappa shape index (κ3) is 2.30. The molecule has 2 aromatic rings. The fourth-order valence-electron chi connectivity index (χ4n) is 1.46. The second kappa shape index (κ2) is 4.49. The summed E-state index contributed by atoms with van der Waals surface area (Å²) >= 11 is 0. The number of nitrogens with zero attached hydrogens (tertiary/aromatic N) is 3. The molecule has 0 radical (unpaired) electrons. The summed E-state index contributed by atoms with van der Waals surface area (Å²) in [6, 6.07) is 1.61. The summed E-state index contributed by atoms with van der Waals surface area (Å²) in [7, 11) is 2.10. The Kier molecular flexibility index (Phi) is 3.27. The molecule has 0 N–H and O–H groups in total. The van der Waals surface area contributed by atoms with Gasteiger partial charge in [-0.1, -0.05) is 0 Å². The highest BCUT2D eigenvalue weighted by Gasteiger charge is 2.24. The minimum atomic E-state index is -4.18. The highest BCUT2D eigenvalue weighted by molar-refractivity contribution is 8.13. The van der Waals surface area contributed by atoms with Gasteiger partial charge in [0.05, 0.1) is 5.56 Å². The third-order valence-electron chi connectivity index (χ3n) is 2.33. The van der Waals surface area contributed by atoms with Gasteiger partial charge in [0.1, 0.15) is 0 Å². The van der Waals surface area contributed by atoms with Crippen LogP contribution in [0.2, 0.25) is 0 Å². The molecule has 5 nitrogen and oxygen atoms in total. The summed E-state index contributed by atoms with van der Waals surface area (Å²) in [6.07, 6.45) is 0. The number of hydrogen-bond donors (Lipinski definition) is 0. The Labute approximate surface area is 110 Å². The zero-order chi connectivity index (χ0) is 14.4. The fourth-order valence-corrected chi connectivity index (χ4v) is 2.42. The zero-order valence-corrected chi connectivity index (χ0v) is 10.8. The van der Waals surface area contributed by atoms with Crippen molar-refractivity contribution in [3.8, 4) is 11.4 Å². The number of aromatic nitrogens is 3. The van der Waals surface area contributed by atoms with Crippen molar-refractivity contribution < 1.29 is 21.6 Å². The minimum Gasteiger partial charge on any atom is -0.300 e. The lowest BCUT2D eigenvalue weighted by Gasteiger charge is -2.04. The molecule has 1 aromatic heterocycles. The molecule has 0 saturated carbocycles. The summed E-state index contributed by atoms with van der Waals surface area (Å²) in [5.74, 6) is -4.84. The third-order valence-corrected chi connectivity index (χ3v) is 3.53. The normalized spacial score (nSPS) is 11.8. The summed E-state index contributed by atoms with van der Waals surface area (Å²) < 4.78 is 62.5. The topological polar surface area (TPSA) is 64.8 Å². The quantitative estimate of drug-likeness (QED) is 0.627. The van der Waals surface area contributed by atoms with E-state index in [1.165, 1.54) is 7.05 Å². The van der Waals surface area contributed by atoms with Crippen molar-refractivity contribution in [3.05, 3.63) is 29.6 Å². The molecule has 102 valence electrons. The van der Waals surface area contributed by atoms with E-state index in [2.05, 4.69) is 10.2 Å². The number of benzene rings is 1. The average Bonchev–Trinajstić information content (AvgIpc) is 2.68. The second-order valence-corrected chi connectivity index (χ2v) is 5.99. The SMILES string of the molecule is Cn1c(-c2ccc(F)c(F)c2F)nnc1S(=O)(=O)Cl. The Hall–Kier alpha value is -1.61. The van der Waals surface area contributed by atoms with Gasteiger partial charge in [-0.15, -0.1) is 10.2 Å². The lowest BCUT2D eigenvalue weighted by molar-refractivity contribution is 0.448. The summed E-state index contributed by atoms with van der Waals surface area (Å²) in [5, 5.41) is 6.04. The van der Waals surface area contributed by atoms with Crippen LogP contribution in [-0.2, 0) is 16.1 Å². The molecular weight excluding hydrogens is 307 g/mol. The maximum absolute atomic E-state index is 13.6. The predicted octanol–water partition coefficient (Wildman–Crippen LogP) is 1.83. The first kappa shape index (κ1) is 13.8. The van der Waals surface area contributed by atoms with Gasteiger partial charge >= 0.3 is 0 Å². The van der Waals surface area contributed by atoms with E-state index in [-0.39, 0.29) is 5.82 Å². The van der Waals surface area contributed by atoms with Gasteiger partial charge in [-0.3, -0.25) is 4.57 Å². The lowest BCUT2D eigenvalue weighted by Crippen LogP contribution is -2.04. The monoisotopic (exact) mass is 311 g/mol. The van der Waals surface area contributed by atoms with E-state index in [9.17, 15) is 21.6 Å². The molecule has 0 aliphatic heterocycles. The van der Waals surface area contributed by atoms with Crippen LogP contribution in [0.3, 0.4) is 0 Å². The molecule has 0 saturated heterocycles. The van der Waals surface area contributed by atoms with Crippen LogP contribution in [0.5, 0.6) is 0 Å². The number of hydrogen-bond acceptors (Lipinski definition) is 4. The molecule has 1 aromatic carbocycles. The Morgan fingerprint density at radius 2 is 1.79 bits per heavy atom. The molecule has 2 rings (SSSR count). The van der Waals surface area contributed by atoms with Crippen molar-refractivity contribution >= 4 is 19.7 Å². The summed E-state index contributed by atoms with van der Waals surface area (Å²) in [5.41, 5.74) is -0.430. The van der Waals surface area contributed by atoms with Crippen LogP contribution in [-0.4, -0.2) is 23.2 Å². The number of rotatable bonds is 2. The smallest absolute Gasteiger partial charge is 0.296 e. The molecule has 0 aliphatic rings. The van der Waals surface area contributed by atoms with Gasteiger partial charge in [0, 0.05) is 17.7 Å². The maximum atomic E-state index is 13.6. The van der Waals surface area contributed by atoms with Crippen molar-refractivity contribution in [2.24, 2.45) is 7.05 Å². The molecule has 0 fully saturated rings. The van der Waals surface area contributed by atoms with E-state index in [1.807, 2.05) is 0 Å². The van der Waals surface area contributed by atoms with E-state index in [0.717, 1.165) is 10.6 Å². The predicted molar refractivity (Wildman–Crippen MR) is 59.4 cm³/mol. The van der Waals surface area contributed by atoms with E-state index in [0.29, 0.717) is 6.07 Å². The Morgan fingerprint density at radius 3 is 2.32 bits per heavy atom. The first-order valence-electron chi connectivity index (χ1n) is 4.71. The van der Waals surface area contributed by atoms with Crippen molar-refractivity contribution in [1.29, 1.82) is 0 Å². The Bertz CT molecular complexity index is 760. The van der Waals surface area contributed by atoms with Gasteiger partial charge in [-0.2, -0.15) is 0 Å². The van der Waals surface area contributed by atoms with E-state index in [4.69, 9.17) is 10.7 Å². The molecule has 0 bridgehead atoms. The molecule has 0 amide bonds. The summed E-state index contributed by atoms with van der Waals surface area (Å²) in [6.45, 7) is 0.